The second kappa shape index (κ2) is 10.0. The quantitative estimate of drug-likeness (QED) is 0.676. The van der Waals surface area contributed by atoms with Crippen molar-refractivity contribution in [1.82, 2.24) is 14.7 Å². The standard InChI is InChI=1S/C23H32F3N3O2/c1-3-12-27(2)22(31)20(17-8-4-5-9-17)28-13-15-29(16-14-28)21(30)18-10-6-7-11-19(18)23(24,25)26/h6-7,10-11,17,20H,3-5,8-9,12-16H2,1-2H3. The van der Waals surface area contributed by atoms with Crippen LogP contribution in [-0.4, -0.2) is 72.3 Å². The summed E-state index contributed by atoms with van der Waals surface area (Å²) in [5.41, 5.74) is -1.21. The number of halogens is 3. The van der Waals surface area contributed by atoms with Gasteiger partial charge in [0.05, 0.1) is 17.2 Å². The number of nitrogens with zero attached hydrogens (tertiary/aromatic N) is 3. The lowest BCUT2D eigenvalue weighted by atomic mass is 9.94. The number of alkyl halides is 3. The minimum absolute atomic E-state index is 0.121. The highest BCUT2D eigenvalue weighted by molar-refractivity contribution is 5.96. The number of likely N-dealkylation sites (N-methyl/N-ethyl adjacent to an activating group) is 1. The van der Waals surface area contributed by atoms with Gasteiger partial charge in [0.15, 0.2) is 0 Å². The maximum absolute atomic E-state index is 13.3. The van der Waals surface area contributed by atoms with E-state index in [0.29, 0.717) is 38.6 Å². The van der Waals surface area contributed by atoms with E-state index in [9.17, 15) is 22.8 Å². The molecule has 1 heterocycles. The second-order valence-corrected chi connectivity index (χ2v) is 8.62. The van der Waals surface area contributed by atoms with Crippen LogP contribution in [0.1, 0.15) is 54.9 Å². The van der Waals surface area contributed by atoms with Crippen molar-refractivity contribution in [2.24, 2.45) is 5.92 Å². The van der Waals surface area contributed by atoms with Crippen molar-refractivity contribution < 1.29 is 22.8 Å². The van der Waals surface area contributed by atoms with E-state index in [1.54, 1.807) is 4.90 Å². The fraction of sp³-hybridized carbons (Fsp3) is 0.652. The fourth-order valence-corrected chi connectivity index (χ4v) is 4.89. The molecule has 31 heavy (non-hydrogen) atoms. The Morgan fingerprint density at radius 1 is 1.10 bits per heavy atom. The molecule has 5 nitrogen and oxygen atoms in total. The number of amides is 2. The van der Waals surface area contributed by atoms with Crippen molar-refractivity contribution in [3.05, 3.63) is 35.4 Å². The van der Waals surface area contributed by atoms with Crippen LogP contribution in [0.3, 0.4) is 0 Å². The number of rotatable bonds is 6. The summed E-state index contributed by atoms with van der Waals surface area (Å²) in [6.07, 6.45) is 0.610. The topological polar surface area (TPSA) is 43.9 Å². The van der Waals surface area contributed by atoms with E-state index in [0.717, 1.165) is 38.2 Å². The van der Waals surface area contributed by atoms with Crippen LogP contribution in [-0.2, 0) is 11.0 Å². The number of carbonyl (C=O) groups is 2. The van der Waals surface area contributed by atoms with Crippen molar-refractivity contribution in [2.75, 3.05) is 39.8 Å². The molecule has 3 rings (SSSR count). The van der Waals surface area contributed by atoms with Gasteiger partial charge < -0.3 is 9.80 Å². The van der Waals surface area contributed by atoms with Gasteiger partial charge in [-0.3, -0.25) is 14.5 Å². The third-order valence-corrected chi connectivity index (χ3v) is 6.49. The molecule has 1 aromatic carbocycles. The van der Waals surface area contributed by atoms with Gasteiger partial charge in [-0.1, -0.05) is 31.9 Å². The molecule has 1 atom stereocenters. The third-order valence-electron chi connectivity index (χ3n) is 6.49. The van der Waals surface area contributed by atoms with Crippen LogP contribution in [0.5, 0.6) is 0 Å². The minimum Gasteiger partial charge on any atom is -0.344 e. The molecule has 0 aromatic heterocycles. The van der Waals surface area contributed by atoms with E-state index in [-0.39, 0.29) is 17.5 Å². The lowest BCUT2D eigenvalue weighted by molar-refractivity contribution is -0.139. The Labute approximate surface area is 182 Å². The zero-order valence-electron chi connectivity index (χ0n) is 18.3. The Bertz CT molecular complexity index is 770. The molecule has 1 saturated heterocycles. The van der Waals surface area contributed by atoms with E-state index in [2.05, 4.69) is 4.90 Å². The number of hydrogen-bond acceptors (Lipinski definition) is 3. The van der Waals surface area contributed by atoms with Gasteiger partial charge in [-0.05, 0) is 37.3 Å². The summed E-state index contributed by atoms with van der Waals surface area (Å²) in [6.45, 7) is 4.36. The van der Waals surface area contributed by atoms with Gasteiger partial charge >= 0.3 is 6.18 Å². The van der Waals surface area contributed by atoms with Gasteiger partial charge in [-0.15, -0.1) is 0 Å². The highest BCUT2D eigenvalue weighted by Crippen LogP contribution is 2.34. The first-order valence-corrected chi connectivity index (χ1v) is 11.2. The highest BCUT2D eigenvalue weighted by Gasteiger charge is 2.40. The molecule has 8 heteroatoms. The van der Waals surface area contributed by atoms with Crippen molar-refractivity contribution in [3.8, 4) is 0 Å². The van der Waals surface area contributed by atoms with E-state index < -0.39 is 17.6 Å². The predicted octanol–water partition coefficient (Wildman–Crippen LogP) is 3.89. The molecule has 1 aromatic rings. The Balaban J connectivity index is 1.71. The maximum Gasteiger partial charge on any atom is 0.417 e. The molecule has 1 aliphatic carbocycles. The average Bonchev–Trinajstić information content (AvgIpc) is 3.28. The monoisotopic (exact) mass is 439 g/mol. The molecular weight excluding hydrogens is 407 g/mol. The molecule has 0 N–H and O–H groups in total. The summed E-state index contributed by atoms with van der Waals surface area (Å²) in [5.74, 6) is -0.171. The van der Waals surface area contributed by atoms with Gasteiger partial charge in [0.1, 0.15) is 0 Å². The van der Waals surface area contributed by atoms with E-state index in [1.165, 1.54) is 23.1 Å². The molecule has 2 aliphatic rings. The van der Waals surface area contributed by atoms with Gasteiger partial charge in [-0.2, -0.15) is 13.2 Å². The van der Waals surface area contributed by atoms with Crippen LogP contribution in [0.25, 0.3) is 0 Å². The first-order valence-electron chi connectivity index (χ1n) is 11.2. The first-order chi connectivity index (χ1) is 14.7. The zero-order chi connectivity index (χ0) is 22.6. The van der Waals surface area contributed by atoms with Crippen LogP contribution in [0, 0.1) is 5.92 Å². The van der Waals surface area contributed by atoms with Crippen LogP contribution in [0.4, 0.5) is 13.2 Å². The van der Waals surface area contributed by atoms with E-state index in [1.807, 2.05) is 14.0 Å². The number of carbonyl (C=O) groups excluding carboxylic acids is 2. The Morgan fingerprint density at radius 2 is 1.71 bits per heavy atom. The number of benzene rings is 1. The maximum atomic E-state index is 13.3. The van der Waals surface area contributed by atoms with Crippen molar-refractivity contribution in [3.63, 3.8) is 0 Å². The summed E-state index contributed by atoms with van der Waals surface area (Å²) in [5, 5.41) is 0. The van der Waals surface area contributed by atoms with Gasteiger partial charge in [-0.25, -0.2) is 0 Å². The molecule has 1 saturated carbocycles. The van der Waals surface area contributed by atoms with Crippen LogP contribution < -0.4 is 0 Å². The first kappa shape index (κ1) is 23.6. The molecule has 2 amide bonds. The summed E-state index contributed by atoms with van der Waals surface area (Å²) in [6, 6.07) is 4.72. The minimum atomic E-state index is -4.57. The Hall–Kier alpha value is -2.09. The molecule has 172 valence electrons. The average molecular weight is 440 g/mol. The molecule has 0 radical (unpaired) electrons. The predicted molar refractivity (Wildman–Crippen MR) is 113 cm³/mol. The third kappa shape index (κ3) is 5.40. The van der Waals surface area contributed by atoms with Crippen molar-refractivity contribution >= 4 is 11.8 Å². The molecule has 1 unspecified atom stereocenters. The van der Waals surface area contributed by atoms with E-state index in [4.69, 9.17) is 0 Å². The fourth-order valence-electron chi connectivity index (χ4n) is 4.89. The smallest absolute Gasteiger partial charge is 0.344 e. The van der Waals surface area contributed by atoms with Gasteiger partial charge in [0.2, 0.25) is 5.91 Å². The van der Waals surface area contributed by atoms with Gasteiger partial charge in [0, 0.05) is 39.8 Å². The highest BCUT2D eigenvalue weighted by atomic mass is 19.4. The molecule has 1 aliphatic heterocycles. The molecular formula is C23H32F3N3O2. The normalized spacial score (nSPS) is 19.5. The van der Waals surface area contributed by atoms with Crippen LogP contribution >= 0.6 is 0 Å². The van der Waals surface area contributed by atoms with E-state index >= 15 is 0 Å². The summed E-state index contributed by atoms with van der Waals surface area (Å²) in [4.78, 5) is 31.5. The number of piperazine rings is 1. The van der Waals surface area contributed by atoms with Gasteiger partial charge in [0.25, 0.3) is 5.91 Å². The molecule has 0 bridgehead atoms. The van der Waals surface area contributed by atoms with Crippen molar-refractivity contribution in [2.45, 2.75) is 51.2 Å². The largest absolute Gasteiger partial charge is 0.417 e. The summed E-state index contributed by atoms with van der Waals surface area (Å²) >= 11 is 0. The second-order valence-electron chi connectivity index (χ2n) is 8.62. The van der Waals surface area contributed by atoms with Crippen molar-refractivity contribution in [1.29, 1.82) is 0 Å². The summed E-state index contributed by atoms with van der Waals surface area (Å²) < 4.78 is 40.0. The lowest BCUT2D eigenvalue weighted by Crippen LogP contribution is -2.58. The Morgan fingerprint density at radius 3 is 2.29 bits per heavy atom. The molecule has 0 spiro atoms. The SMILES string of the molecule is CCCN(C)C(=O)C(C1CCCC1)N1CCN(C(=O)c2ccccc2C(F)(F)F)CC1. The zero-order valence-corrected chi connectivity index (χ0v) is 18.3. The summed E-state index contributed by atoms with van der Waals surface area (Å²) in [7, 11) is 1.83. The number of hydrogen-bond donors (Lipinski definition) is 0. The lowest BCUT2D eigenvalue weighted by Gasteiger charge is -2.42. The van der Waals surface area contributed by atoms with Crippen LogP contribution in [0.15, 0.2) is 24.3 Å². The van der Waals surface area contributed by atoms with Crippen LogP contribution in [0.2, 0.25) is 0 Å². The Kier molecular flexibility index (Phi) is 7.62. The molecule has 2 fully saturated rings.